The summed E-state index contributed by atoms with van der Waals surface area (Å²) in [6.45, 7) is 4.35. The van der Waals surface area contributed by atoms with Crippen LogP contribution in [-0.2, 0) is 0 Å². The van der Waals surface area contributed by atoms with Crippen molar-refractivity contribution in [1.29, 1.82) is 0 Å². The quantitative estimate of drug-likeness (QED) is 0.909. The lowest BCUT2D eigenvalue weighted by molar-refractivity contribution is 0.498. The first-order chi connectivity index (χ1) is 8.18. The summed E-state index contributed by atoms with van der Waals surface area (Å²) in [7, 11) is 0. The Morgan fingerprint density at radius 2 is 2.12 bits per heavy atom. The summed E-state index contributed by atoms with van der Waals surface area (Å²) in [6.07, 6.45) is 3.71. The molecule has 0 bridgehead atoms. The molecule has 0 saturated heterocycles. The Bertz CT molecular complexity index is 469. The van der Waals surface area contributed by atoms with Crippen LogP contribution in [0.5, 0.6) is 0 Å². The van der Waals surface area contributed by atoms with Gasteiger partial charge >= 0.3 is 0 Å². The molecule has 2 nitrogen and oxygen atoms in total. The van der Waals surface area contributed by atoms with Crippen LogP contribution in [0.2, 0.25) is 0 Å². The van der Waals surface area contributed by atoms with Gasteiger partial charge in [0.2, 0.25) is 0 Å². The first-order valence-electron chi connectivity index (χ1n) is 5.57. The highest BCUT2D eigenvalue weighted by molar-refractivity contribution is 9.10. The van der Waals surface area contributed by atoms with E-state index in [0.717, 1.165) is 0 Å². The third-order valence-electron chi connectivity index (χ3n) is 2.72. The first kappa shape index (κ1) is 12.7. The van der Waals surface area contributed by atoms with Gasteiger partial charge in [-0.15, -0.1) is 11.3 Å². The maximum Gasteiger partial charge on any atom is 0.0402 e. The Balaban J connectivity index is 2.05. The maximum absolute atomic E-state index is 4.15. The normalized spacial score (nSPS) is 14.5. The van der Waals surface area contributed by atoms with Crippen LogP contribution in [0.1, 0.15) is 36.4 Å². The van der Waals surface area contributed by atoms with Crippen molar-refractivity contribution in [3.05, 3.63) is 50.9 Å². The van der Waals surface area contributed by atoms with E-state index < -0.39 is 0 Å². The molecule has 2 atom stereocenters. The lowest BCUT2D eigenvalue weighted by atomic mass is 10.1. The second-order valence-corrected chi connectivity index (χ2v) is 5.83. The van der Waals surface area contributed by atoms with E-state index in [1.165, 1.54) is 14.9 Å². The third-order valence-corrected chi connectivity index (χ3v) is 4.78. The third kappa shape index (κ3) is 3.15. The lowest BCUT2D eigenvalue weighted by Crippen LogP contribution is -2.22. The summed E-state index contributed by atoms with van der Waals surface area (Å²) in [5.41, 5.74) is 1.21. The van der Waals surface area contributed by atoms with Crippen molar-refractivity contribution in [2.45, 2.75) is 25.9 Å². The summed E-state index contributed by atoms with van der Waals surface area (Å²) in [5.74, 6) is 0. The number of hydrogen-bond donors (Lipinski definition) is 1. The zero-order valence-electron chi connectivity index (χ0n) is 9.85. The standard InChI is InChI=1S/C13H15BrN2S/c1-9(11-4-3-6-15-8-11)16-10(2)13-12(14)5-7-17-13/h3-10,16H,1-2H3/t9-,10?/m1/s1. The predicted octanol–water partition coefficient (Wildman–Crippen LogP) is 4.32. The van der Waals surface area contributed by atoms with Gasteiger partial charge in [0, 0.05) is 33.8 Å². The Morgan fingerprint density at radius 3 is 2.71 bits per heavy atom. The fourth-order valence-corrected chi connectivity index (χ4v) is 3.53. The van der Waals surface area contributed by atoms with Gasteiger partial charge in [0.05, 0.1) is 0 Å². The van der Waals surface area contributed by atoms with E-state index in [-0.39, 0.29) is 0 Å². The fourth-order valence-electron chi connectivity index (χ4n) is 1.79. The average Bonchev–Trinajstić information content (AvgIpc) is 2.76. The summed E-state index contributed by atoms with van der Waals surface area (Å²) in [4.78, 5) is 5.48. The largest absolute Gasteiger partial charge is 0.303 e. The number of halogens is 1. The number of nitrogens with one attached hydrogen (secondary N) is 1. The SMILES string of the molecule is CC(N[C@H](C)c1cccnc1)c1sccc1Br. The Labute approximate surface area is 114 Å². The summed E-state index contributed by atoms with van der Waals surface area (Å²) < 4.78 is 1.18. The molecule has 0 aromatic carbocycles. The second kappa shape index (κ2) is 5.76. The van der Waals surface area contributed by atoms with Crippen molar-refractivity contribution in [3.63, 3.8) is 0 Å². The van der Waals surface area contributed by atoms with Crippen LogP contribution >= 0.6 is 27.3 Å². The molecule has 1 N–H and O–H groups in total. The first-order valence-corrected chi connectivity index (χ1v) is 7.24. The zero-order chi connectivity index (χ0) is 12.3. The van der Waals surface area contributed by atoms with Gasteiger partial charge in [-0.2, -0.15) is 0 Å². The van der Waals surface area contributed by atoms with Gasteiger partial charge in [-0.1, -0.05) is 6.07 Å². The van der Waals surface area contributed by atoms with E-state index in [1.807, 2.05) is 12.3 Å². The van der Waals surface area contributed by atoms with Gasteiger partial charge in [0.1, 0.15) is 0 Å². The van der Waals surface area contributed by atoms with E-state index >= 15 is 0 Å². The van der Waals surface area contributed by atoms with Crippen molar-refractivity contribution >= 4 is 27.3 Å². The monoisotopic (exact) mass is 310 g/mol. The van der Waals surface area contributed by atoms with Gasteiger partial charge in [-0.25, -0.2) is 0 Å². The molecule has 0 saturated carbocycles. The molecular formula is C13H15BrN2S. The molecule has 2 rings (SSSR count). The highest BCUT2D eigenvalue weighted by Gasteiger charge is 2.14. The minimum absolute atomic E-state index is 0.299. The van der Waals surface area contributed by atoms with E-state index in [9.17, 15) is 0 Å². The van der Waals surface area contributed by atoms with E-state index in [2.05, 4.69) is 57.6 Å². The van der Waals surface area contributed by atoms with Gasteiger partial charge in [0.25, 0.3) is 0 Å². The fraction of sp³-hybridized carbons (Fsp3) is 0.308. The minimum Gasteiger partial charge on any atom is -0.303 e. The zero-order valence-corrected chi connectivity index (χ0v) is 12.3. The minimum atomic E-state index is 0.299. The molecule has 1 unspecified atom stereocenters. The van der Waals surface area contributed by atoms with Crippen LogP contribution in [0.3, 0.4) is 0 Å². The Morgan fingerprint density at radius 1 is 1.29 bits per heavy atom. The molecular weight excluding hydrogens is 296 g/mol. The Hall–Kier alpha value is -0.710. The number of pyridine rings is 1. The van der Waals surface area contributed by atoms with Crippen LogP contribution in [-0.4, -0.2) is 4.98 Å². The topological polar surface area (TPSA) is 24.9 Å². The number of rotatable bonds is 4. The highest BCUT2D eigenvalue weighted by atomic mass is 79.9. The van der Waals surface area contributed by atoms with Crippen molar-refractivity contribution < 1.29 is 0 Å². The molecule has 2 aromatic rings. The van der Waals surface area contributed by atoms with Crippen LogP contribution in [0, 0.1) is 0 Å². The Kier molecular flexibility index (Phi) is 4.31. The van der Waals surface area contributed by atoms with Gasteiger partial charge < -0.3 is 5.32 Å². The molecule has 0 amide bonds. The maximum atomic E-state index is 4.15. The van der Waals surface area contributed by atoms with Crippen molar-refractivity contribution in [3.8, 4) is 0 Å². The molecule has 17 heavy (non-hydrogen) atoms. The molecule has 4 heteroatoms. The lowest BCUT2D eigenvalue weighted by Gasteiger charge is -2.19. The molecule has 0 aliphatic heterocycles. The molecule has 0 aliphatic carbocycles. The summed E-state index contributed by atoms with van der Waals surface area (Å²) >= 11 is 5.34. The molecule has 0 radical (unpaired) electrons. The van der Waals surface area contributed by atoms with Crippen LogP contribution in [0.4, 0.5) is 0 Å². The van der Waals surface area contributed by atoms with Crippen molar-refractivity contribution in [2.24, 2.45) is 0 Å². The molecule has 2 aromatic heterocycles. The average molecular weight is 311 g/mol. The van der Waals surface area contributed by atoms with Gasteiger partial charge in [0.15, 0.2) is 0 Å². The van der Waals surface area contributed by atoms with Crippen LogP contribution < -0.4 is 5.32 Å². The number of thiophene rings is 1. The smallest absolute Gasteiger partial charge is 0.0402 e. The summed E-state index contributed by atoms with van der Waals surface area (Å²) in [6, 6.07) is 6.79. The van der Waals surface area contributed by atoms with Crippen LogP contribution in [0.25, 0.3) is 0 Å². The molecule has 0 aliphatic rings. The van der Waals surface area contributed by atoms with E-state index in [1.54, 1.807) is 17.5 Å². The van der Waals surface area contributed by atoms with Gasteiger partial charge in [-0.3, -0.25) is 4.98 Å². The number of nitrogens with zero attached hydrogens (tertiary/aromatic N) is 1. The number of hydrogen-bond acceptors (Lipinski definition) is 3. The predicted molar refractivity (Wildman–Crippen MR) is 76.2 cm³/mol. The van der Waals surface area contributed by atoms with Gasteiger partial charge in [-0.05, 0) is 52.9 Å². The summed E-state index contributed by atoms with van der Waals surface area (Å²) in [5, 5.41) is 5.68. The van der Waals surface area contributed by atoms with E-state index in [4.69, 9.17) is 0 Å². The van der Waals surface area contributed by atoms with Crippen molar-refractivity contribution in [2.75, 3.05) is 0 Å². The molecule has 0 fully saturated rings. The van der Waals surface area contributed by atoms with Crippen molar-refractivity contribution in [1.82, 2.24) is 10.3 Å². The highest BCUT2D eigenvalue weighted by Crippen LogP contribution is 2.30. The van der Waals surface area contributed by atoms with E-state index in [0.29, 0.717) is 12.1 Å². The molecule has 2 heterocycles. The van der Waals surface area contributed by atoms with Crippen LogP contribution in [0.15, 0.2) is 40.4 Å². The molecule has 90 valence electrons. The second-order valence-electron chi connectivity index (χ2n) is 4.03. The number of aromatic nitrogens is 1. The molecule has 0 spiro atoms.